The zero-order valence-electron chi connectivity index (χ0n) is 21.0. The van der Waals surface area contributed by atoms with E-state index in [-0.39, 0.29) is 16.4 Å². The standard InChI is InChI=1S/C28H26F2N4O3S/c1-19-4-14-27(15-5-19)38(36,37)33(25-10-6-23(29)7-11-25)18-28(35)32-31-17-22-16-20(2)34(21(22)3)26-12-8-24(30)9-13-26/h4-17H,18H2,1-3H3,(H,32,35)/b31-17+. The van der Waals surface area contributed by atoms with E-state index in [4.69, 9.17) is 0 Å². The Bertz CT molecular complexity index is 1580. The molecular weight excluding hydrogens is 510 g/mol. The molecule has 3 aromatic carbocycles. The Hall–Kier alpha value is -4.31. The van der Waals surface area contributed by atoms with Crippen molar-refractivity contribution in [2.24, 2.45) is 5.10 Å². The van der Waals surface area contributed by atoms with Gasteiger partial charge in [-0.2, -0.15) is 5.10 Å². The molecule has 0 unspecified atom stereocenters. The summed E-state index contributed by atoms with van der Waals surface area (Å²) in [4.78, 5) is 12.8. The molecule has 0 saturated carbocycles. The van der Waals surface area contributed by atoms with Gasteiger partial charge in [-0.15, -0.1) is 0 Å². The number of carbonyl (C=O) groups is 1. The number of benzene rings is 3. The van der Waals surface area contributed by atoms with E-state index in [0.717, 1.165) is 44.6 Å². The number of hydrogen-bond acceptors (Lipinski definition) is 4. The Morgan fingerprint density at radius 3 is 2.11 bits per heavy atom. The van der Waals surface area contributed by atoms with E-state index < -0.39 is 28.3 Å². The number of nitrogens with zero attached hydrogens (tertiary/aromatic N) is 3. The SMILES string of the molecule is Cc1ccc(S(=O)(=O)N(CC(=O)N/N=C/c2cc(C)n(-c3ccc(F)cc3)c2C)c2ccc(F)cc2)cc1. The molecule has 1 amide bonds. The Balaban J connectivity index is 1.54. The molecule has 0 aliphatic rings. The smallest absolute Gasteiger partial charge is 0.264 e. The van der Waals surface area contributed by atoms with Crippen molar-refractivity contribution < 1.29 is 22.0 Å². The number of carbonyl (C=O) groups excluding carboxylic acids is 1. The fourth-order valence-electron chi connectivity index (χ4n) is 4.01. The maximum absolute atomic E-state index is 13.5. The summed E-state index contributed by atoms with van der Waals surface area (Å²) < 4.78 is 56.4. The highest BCUT2D eigenvalue weighted by Crippen LogP contribution is 2.24. The molecule has 0 fully saturated rings. The maximum atomic E-state index is 13.5. The van der Waals surface area contributed by atoms with E-state index >= 15 is 0 Å². The quantitative estimate of drug-likeness (QED) is 0.253. The molecule has 10 heteroatoms. The summed E-state index contributed by atoms with van der Waals surface area (Å²) in [5.74, 6) is -1.55. The number of aromatic nitrogens is 1. The fraction of sp³-hybridized carbons (Fsp3) is 0.143. The average Bonchev–Trinajstić information content (AvgIpc) is 3.16. The average molecular weight is 537 g/mol. The van der Waals surface area contributed by atoms with E-state index in [1.807, 2.05) is 31.4 Å². The minimum absolute atomic E-state index is 0.00282. The van der Waals surface area contributed by atoms with Crippen LogP contribution in [0.15, 0.2) is 88.9 Å². The van der Waals surface area contributed by atoms with Crippen LogP contribution in [0.5, 0.6) is 0 Å². The third-order valence-electron chi connectivity index (χ3n) is 5.96. The van der Waals surface area contributed by atoms with Crippen LogP contribution in [0.3, 0.4) is 0 Å². The number of halogens is 2. The summed E-state index contributed by atoms with van der Waals surface area (Å²) in [5.41, 5.74) is 6.58. The van der Waals surface area contributed by atoms with Gasteiger partial charge in [0.05, 0.1) is 16.8 Å². The zero-order chi connectivity index (χ0) is 27.4. The van der Waals surface area contributed by atoms with Crippen molar-refractivity contribution in [3.05, 3.63) is 113 Å². The predicted molar refractivity (Wildman–Crippen MR) is 143 cm³/mol. The van der Waals surface area contributed by atoms with Crippen LogP contribution in [0.25, 0.3) is 5.69 Å². The lowest BCUT2D eigenvalue weighted by atomic mass is 10.2. The van der Waals surface area contributed by atoms with Gasteiger partial charge in [0, 0.05) is 22.6 Å². The highest BCUT2D eigenvalue weighted by atomic mass is 32.2. The van der Waals surface area contributed by atoms with Gasteiger partial charge in [-0.05, 0) is 87.5 Å². The summed E-state index contributed by atoms with van der Waals surface area (Å²) >= 11 is 0. The molecule has 0 atom stereocenters. The molecule has 0 saturated heterocycles. The summed E-state index contributed by atoms with van der Waals surface area (Å²) in [6, 6.07) is 19.0. The van der Waals surface area contributed by atoms with Crippen LogP contribution in [0.4, 0.5) is 14.5 Å². The fourth-order valence-corrected chi connectivity index (χ4v) is 5.43. The topological polar surface area (TPSA) is 83.8 Å². The van der Waals surface area contributed by atoms with Gasteiger partial charge < -0.3 is 4.57 Å². The molecule has 0 aliphatic heterocycles. The Kier molecular flexibility index (Phi) is 7.72. The van der Waals surface area contributed by atoms with Crippen molar-refractivity contribution in [2.75, 3.05) is 10.8 Å². The van der Waals surface area contributed by atoms with Crippen LogP contribution in [0, 0.1) is 32.4 Å². The van der Waals surface area contributed by atoms with Gasteiger partial charge >= 0.3 is 0 Å². The molecule has 0 spiro atoms. The summed E-state index contributed by atoms with van der Waals surface area (Å²) in [6.07, 6.45) is 1.46. The second-order valence-electron chi connectivity index (χ2n) is 8.73. The maximum Gasteiger partial charge on any atom is 0.264 e. The molecule has 7 nitrogen and oxygen atoms in total. The lowest BCUT2D eigenvalue weighted by molar-refractivity contribution is -0.119. The van der Waals surface area contributed by atoms with Crippen molar-refractivity contribution in [1.82, 2.24) is 9.99 Å². The van der Waals surface area contributed by atoms with Crippen LogP contribution in [0.2, 0.25) is 0 Å². The van der Waals surface area contributed by atoms with Gasteiger partial charge in [0.1, 0.15) is 18.2 Å². The summed E-state index contributed by atoms with van der Waals surface area (Å²) in [5, 5.41) is 4.01. The monoisotopic (exact) mass is 536 g/mol. The zero-order valence-corrected chi connectivity index (χ0v) is 21.8. The van der Waals surface area contributed by atoms with Gasteiger partial charge in [0.25, 0.3) is 15.9 Å². The van der Waals surface area contributed by atoms with E-state index in [0.29, 0.717) is 0 Å². The molecule has 1 aromatic heterocycles. The number of amides is 1. The van der Waals surface area contributed by atoms with Gasteiger partial charge in [-0.25, -0.2) is 22.6 Å². The van der Waals surface area contributed by atoms with Crippen molar-refractivity contribution in [2.45, 2.75) is 25.7 Å². The minimum atomic E-state index is -4.13. The molecular formula is C28H26F2N4O3S. The molecule has 4 aromatic rings. The normalized spacial score (nSPS) is 11.6. The van der Waals surface area contributed by atoms with Gasteiger partial charge in [0.15, 0.2) is 0 Å². The summed E-state index contributed by atoms with van der Waals surface area (Å²) in [7, 11) is -4.13. The number of anilines is 1. The van der Waals surface area contributed by atoms with Gasteiger partial charge in [-0.1, -0.05) is 17.7 Å². The number of aryl methyl sites for hydroxylation is 2. The molecule has 4 rings (SSSR count). The van der Waals surface area contributed by atoms with E-state index in [1.165, 1.54) is 42.6 Å². The Morgan fingerprint density at radius 2 is 1.50 bits per heavy atom. The molecule has 1 heterocycles. The molecule has 1 N–H and O–H groups in total. The number of rotatable bonds is 8. The first-order valence-electron chi connectivity index (χ1n) is 11.7. The van der Waals surface area contributed by atoms with Crippen molar-refractivity contribution in [3.63, 3.8) is 0 Å². The number of hydrazone groups is 1. The first-order chi connectivity index (χ1) is 18.1. The van der Waals surface area contributed by atoms with Crippen LogP contribution >= 0.6 is 0 Å². The third-order valence-corrected chi connectivity index (χ3v) is 7.75. The Labute approximate surface area is 220 Å². The van der Waals surface area contributed by atoms with Gasteiger partial charge in [0.2, 0.25) is 0 Å². The molecule has 38 heavy (non-hydrogen) atoms. The first-order valence-corrected chi connectivity index (χ1v) is 13.1. The largest absolute Gasteiger partial charge is 0.318 e. The van der Waals surface area contributed by atoms with Crippen LogP contribution < -0.4 is 9.73 Å². The number of hydrogen-bond donors (Lipinski definition) is 1. The molecule has 196 valence electrons. The highest BCUT2D eigenvalue weighted by Gasteiger charge is 2.27. The van der Waals surface area contributed by atoms with E-state index in [1.54, 1.807) is 24.3 Å². The van der Waals surface area contributed by atoms with E-state index in [2.05, 4.69) is 10.5 Å². The second kappa shape index (κ2) is 11.0. The third kappa shape index (κ3) is 5.81. The number of sulfonamides is 1. The number of nitrogens with one attached hydrogen (secondary N) is 1. The van der Waals surface area contributed by atoms with Crippen LogP contribution in [0.1, 0.15) is 22.5 Å². The lowest BCUT2D eigenvalue weighted by Gasteiger charge is -2.23. The highest BCUT2D eigenvalue weighted by molar-refractivity contribution is 7.92. The first kappa shape index (κ1) is 26.7. The van der Waals surface area contributed by atoms with Crippen molar-refractivity contribution >= 4 is 27.8 Å². The van der Waals surface area contributed by atoms with Crippen LogP contribution in [-0.2, 0) is 14.8 Å². The molecule has 0 aliphatic carbocycles. The van der Waals surface area contributed by atoms with Crippen molar-refractivity contribution in [1.29, 1.82) is 0 Å². The van der Waals surface area contributed by atoms with Crippen molar-refractivity contribution in [3.8, 4) is 5.69 Å². The lowest BCUT2D eigenvalue weighted by Crippen LogP contribution is -2.39. The molecule has 0 radical (unpaired) electrons. The minimum Gasteiger partial charge on any atom is -0.318 e. The van der Waals surface area contributed by atoms with Crippen LogP contribution in [-0.4, -0.2) is 31.7 Å². The summed E-state index contributed by atoms with van der Waals surface area (Å²) in [6.45, 7) is 5.01. The van der Waals surface area contributed by atoms with E-state index in [9.17, 15) is 22.0 Å². The second-order valence-corrected chi connectivity index (χ2v) is 10.6. The van der Waals surface area contributed by atoms with Gasteiger partial charge in [-0.3, -0.25) is 9.10 Å². The molecule has 0 bridgehead atoms. The predicted octanol–water partition coefficient (Wildman–Crippen LogP) is 5.03. The Morgan fingerprint density at radius 1 is 0.921 bits per heavy atom.